The molecule has 1 aliphatic heterocycles. The first-order chi connectivity index (χ1) is 15.9. The predicted molar refractivity (Wildman–Crippen MR) is 131 cm³/mol. The molecule has 0 radical (unpaired) electrons. The van der Waals surface area contributed by atoms with Crippen LogP contribution in [-0.2, 0) is 24.3 Å². The van der Waals surface area contributed by atoms with Crippen LogP contribution in [-0.4, -0.2) is 52.2 Å². The summed E-state index contributed by atoms with van der Waals surface area (Å²) in [6.45, 7) is 5.44. The number of carbonyl (C=O) groups excluding carboxylic acids is 1. The lowest BCUT2D eigenvalue weighted by molar-refractivity contribution is -0.132. The molecule has 6 nitrogen and oxygen atoms in total. The Morgan fingerprint density at radius 1 is 1.15 bits per heavy atom. The molecule has 0 saturated heterocycles. The van der Waals surface area contributed by atoms with Gasteiger partial charge in [-0.05, 0) is 55.4 Å². The van der Waals surface area contributed by atoms with Crippen molar-refractivity contribution in [2.75, 3.05) is 26.7 Å². The minimum Gasteiger partial charge on any atom is -0.484 e. The Kier molecular flexibility index (Phi) is 7.58. The van der Waals surface area contributed by atoms with Gasteiger partial charge >= 0.3 is 0 Å². The summed E-state index contributed by atoms with van der Waals surface area (Å²) in [6.07, 6.45) is 2.01. The number of likely N-dealkylation sites (N-methyl/N-ethyl adjacent to an activating group) is 1. The lowest BCUT2D eigenvalue weighted by Gasteiger charge is -2.27. The highest BCUT2D eigenvalue weighted by Crippen LogP contribution is 2.27. The van der Waals surface area contributed by atoms with Crippen LogP contribution in [0.25, 0.3) is 5.69 Å². The Hall–Kier alpha value is -2.54. The van der Waals surface area contributed by atoms with Gasteiger partial charge in [0.25, 0.3) is 5.91 Å². The molecule has 3 aromatic rings. The first kappa shape index (κ1) is 23.6. The predicted octanol–water partition coefficient (Wildman–Crippen LogP) is 4.98. The van der Waals surface area contributed by atoms with Crippen LogP contribution in [0.3, 0.4) is 0 Å². The molecular formula is C25H28Cl2N4O2. The number of amides is 1. The van der Waals surface area contributed by atoms with Crippen molar-refractivity contribution in [2.24, 2.45) is 0 Å². The van der Waals surface area contributed by atoms with Gasteiger partial charge in [-0.1, -0.05) is 36.2 Å². The highest BCUT2D eigenvalue weighted by atomic mass is 35.5. The lowest BCUT2D eigenvalue weighted by atomic mass is 10.0. The van der Waals surface area contributed by atoms with E-state index in [2.05, 4.69) is 11.8 Å². The van der Waals surface area contributed by atoms with Gasteiger partial charge in [0.2, 0.25) is 0 Å². The van der Waals surface area contributed by atoms with Crippen molar-refractivity contribution in [3.63, 3.8) is 0 Å². The second-order valence-electron chi connectivity index (χ2n) is 8.28. The third-order valence-corrected chi connectivity index (χ3v) is 6.29. The molecule has 1 aliphatic rings. The number of fused-ring (bicyclic) bond motifs is 1. The van der Waals surface area contributed by atoms with Crippen LogP contribution in [0.4, 0.5) is 0 Å². The van der Waals surface area contributed by atoms with Gasteiger partial charge in [-0.25, -0.2) is 4.68 Å². The van der Waals surface area contributed by atoms with E-state index in [1.165, 1.54) is 11.3 Å². The Labute approximate surface area is 204 Å². The first-order valence-electron chi connectivity index (χ1n) is 11.1. The molecule has 0 fully saturated rings. The fourth-order valence-corrected chi connectivity index (χ4v) is 4.41. The molecule has 0 N–H and O–H groups in total. The van der Waals surface area contributed by atoms with E-state index < -0.39 is 0 Å². The summed E-state index contributed by atoms with van der Waals surface area (Å²) in [5, 5.41) is 6.23. The van der Waals surface area contributed by atoms with Crippen molar-refractivity contribution in [3.8, 4) is 11.4 Å². The number of halogens is 2. The molecule has 2 aromatic carbocycles. The molecule has 0 atom stereocenters. The van der Waals surface area contributed by atoms with E-state index in [0.717, 1.165) is 43.9 Å². The number of hydrogen-bond donors (Lipinski definition) is 0. The molecular weight excluding hydrogens is 459 g/mol. The molecule has 0 bridgehead atoms. The van der Waals surface area contributed by atoms with Gasteiger partial charge in [0.1, 0.15) is 5.75 Å². The van der Waals surface area contributed by atoms with Gasteiger partial charge in [-0.3, -0.25) is 9.69 Å². The topological polar surface area (TPSA) is 50.6 Å². The molecule has 1 aromatic heterocycles. The third-order valence-electron chi connectivity index (χ3n) is 5.80. The SMILES string of the molecule is CCCN1CCc2c(c(CN(C)C(=O)COc3ccc(Cl)cc3)nn2-c2cccc(Cl)c2)C1. The van der Waals surface area contributed by atoms with Crippen LogP contribution in [0, 0.1) is 0 Å². The minimum absolute atomic E-state index is 0.0444. The van der Waals surface area contributed by atoms with Crippen molar-refractivity contribution in [1.29, 1.82) is 0 Å². The number of carbonyl (C=O) groups is 1. The van der Waals surface area contributed by atoms with E-state index in [0.29, 0.717) is 22.3 Å². The average molecular weight is 487 g/mol. The number of rotatable bonds is 8. The fraction of sp³-hybridized carbons (Fsp3) is 0.360. The van der Waals surface area contributed by atoms with E-state index in [4.69, 9.17) is 33.0 Å². The number of ether oxygens (including phenoxy) is 1. The van der Waals surface area contributed by atoms with Crippen LogP contribution in [0.5, 0.6) is 5.75 Å². The van der Waals surface area contributed by atoms with Crippen LogP contribution >= 0.6 is 23.2 Å². The normalized spacial score (nSPS) is 13.6. The molecule has 2 heterocycles. The maximum absolute atomic E-state index is 12.8. The summed E-state index contributed by atoms with van der Waals surface area (Å²) in [4.78, 5) is 16.9. The van der Waals surface area contributed by atoms with Gasteiger partial charge in [0.05, 0.1) is 23.6 Å². The van der Waals surface area contributed by atoms with Gasteiger partial charge in [0, 0.05) is 42.2 Å². The summed E-state index contributed by atoms with van der Waals surface area (Å²) < 4.78 is 7.62. The van der Waals surface area contributed by atoms with E-state index in [1.807, 2.05) is 28.9 Å². The van der Waals surface area contributed by atoms with E-state index in [1.54, 1.807) is 36.2 Å². The molecule has 0 aliphatic carbocycles. The monoisotopic (exact) mass is 486 g/mol. The van der Waals surface area contributed by atoms with Crippen molar-refractivity contribution in [1.82, 2.24) is 19.6 Å². The quantitative estimate of drug-likeness (QED) is 0.450. The van der Waals surface area contributed by atoms with Crippen molar-refractivity contribution in [2.45, 2.75) is 32.9 Å². The molecule has 174 valence electrons. The molecule has 0 unspecified atom stereocenters. The van der Waals surface area contributed by atoms with Gasteiger partial charge < -0.3 is 9.64 Å². The smallest absolute Gasteiger partial charge is 0.260 e. The highest BCUT2D eigenvalue weighted by molar-refractivity contribution is 6.30. The number of benzene rings is 2. The van der Waals surface area contributed by atoms with Crippen LogP contribution in [0.2, 0.25) is 10.0 Å². The highest BCUT2D eigenvalue weighted by Gasteiger charge is 2.26. The Balaban J connectivity index is 1.53. The van der Waals surface area contributed by atoms with E-state index in [-0.39, 0.29) is 12.5 Å². The zero-order valence-corrected chi connectivity index (χ0v) is 20.4. The zero-order chi connectivity index (χ0) is 23.4. The second-order valence-corrected chi connectivity index (χ2v) is 9.16. The Morgan fingerprint density at radius 3 is 2.67 bits per heavy atom. The first-order valence-corrected chi connectivity index (χ1v) is 11.9. The number of nitrogens with zero attached hydrogens (tertiary/aromatic N) is 4. The van der Waals surface area contributed by atoms with Gasteiger partial charge in [-0.15, -0.1) is 0 Å². The molecule has 8 heteroatoms. The maximum atomic E-state index is 12.8. The molecule has 33 heavy (non-hydrogen) atoms. The summed E-state index contributed by atoms with van der Waals surface area (Å²) in [5.41, 5.74) is 4.24. The van der Waals surface area contributed by atoms with Gasteiger partial charge in [-0.2, -0.15) is 5.10 Å². The zero-order valence-electron chi connectivity index (χ0n) is 18.9. The Bertz CT molecular complexity index is 1110. The Morgan fingerprint density at radius 2 is 1.94 bits per heavy atom. The van der Waals surface area contributed by atoms with Crippen LogP contribution < -0.4 is 4.74 Å². The van der Waals surface area contributed by atoms with E-state index >= 15 is 0 Å². The van der Waals surface area contributed by atoms with Crippen molar-refractivity contribution < 1.29 is 9.53 Å². The number of hydrogen-bond acceptors (Lipinski definition) is 4. The second kappa shape index (κ2) is 10.6. The largest absolute Gasteiger partial charge is 0.484 e. The average Bonchev–Trinajstić information content (AvgIpc) is 3.16. The summed E-state index contributed by atoms with van der Waals surface area (Å²) in [5.74, 6) is 0.496. The molecule has 4 rings (SSSR count). The molecule has 0 saturated carbocycles. The minimum atomic E-state index is -0.114. The summed E-state index contributed by atoms with van der Waals surface area (Å²) >= 11 is 12.2. The van der Waals surface area contributed by atoms with Crippen LogP contribution in [0.15, 0.2) is 48.5 Å². The van der Waals surface area contributed by atoms with Crippen LogP contribution in [0.1, 0.15) is 30.3 Å². The van der Waals surface area contributed by atoms with E-state index in [9.17, 15) is 4.79 Å². The van der Waals surface area contributed by atoms with Crippen molar-refractivity contribution >= 4 is 29.1 Å². The third kappa shape index (κ3) is 5.69. The fourth-order valence-electron chi connectivity index (χ4n) is 4.10. The van der Waals surface area contributed by atoms with Gasteiger partial charge in [0.15, 0.2) is 6.61 Å². The standard InChI is InChI=1S/C25H28Cl2N4O2/c1-3-12-30-13-11-24-22(15-30)23(28-31(24)20-6-4-5-19(27)14-20)16-29(2)25(32)17-33-21-9-7-18(26)8-10-21/h4-10,14H,3,11-13,15-17H2,1-2H3. The summed E-state index contributed by atoms with van der Waals surface area (Å²) in [7, 11) is 1.78. The maximum Gasteiger partial charge on any atom is 0.260 e. The van der Waals surface area contributed by atoms with Crippen molar-refractivity contribution in [3.05, 3.63) is 75.5 Å². The molecule has 0 spiro atoms. The number of aromatic nitrogens is 2. The summed E-state index contributed by atoms with van der Waals surface area (Å²) in [6, 6.07) is 14.7. The molecule has 1 amide bonds. The lowest BCUT2D eigenvalue weighted by Crippen LogP contribution is -2.33.